The molecule has 156 valence electrons. The first-order valence-electron chi connectivity index (χ1n) is 9.37. The molecule has 1 N–H and O–H groups in total. The molecule has 0 aliphatic rings. The lowest BCUT2D eigenvalue weighted by Gasteiger charge is -2.17. The minimum Gasteiger partial charge on any atom is -0.493 e. The molecule has 0 aliphatic heterocycles. The number of rotatable bonds is 11. The Balaban J connectivity index is 1.90. The number of hydrogen-bond acceptors (Lipinski definition) is 4. The Kier molecular flexibility index (Phi) is 9.61. The molecule has 0 bridgehead atoms. The van der Waals surface area contributed by atoms with E-state index in [9.17, 15) is 4.79 Å². The zero-order chi connectivity index (χ0) is 21.8. The van der Waals surface area contributed by atoms with Crippen LogP contribution in [0.15, 0.2) is 42.5 Å². The Labute approximate surface area is 182 Å². The van der Waals surface area contributed by atoms with Gasteiger partial charge in [0.1, 0.15) is 13.2 Å². The smallest absolute Gasteiger partial charge is 0.222 e. The van der Waals surface area contributed by atoms with Gasteiger partial charge in [-0.1, -0.05) is 41.6 Å². The van der Waals surface area contributed by atoms with Gasteiger partial charge in [-0.25, -0.2) is 0 Å². The van der Waals surface area contributed by atoms with Crippen LogP contribution in [0.25, 0.3) is 0 Å². The van der Waals surface area contributed by atoms with E-state index in [4.69, 9.17) is 38.7 Å². The van der Waals surface area contributed by atoms with Crippen LogP contribution in [0.2, 0.25) is 5.02 Å². The minimum atomic E-state index is -0.439. The molecule has 2 rings (SSSR count). The normalized spacial score (nSPS) is 11.1. The summed E-state index contributed by atoms with van der Waals surface area (Å²) < 4.78 is 16.4. The number of halogens is 1. The van der Waals surface area contributed by atoms with Crippen LogP contribution in [0.4, 0.5) is 0 Å². The summed E-state index contributed by atoms with van der Waals surface area (Å²) in [6.45, 7) is 0.756. The predicted octanol–water partition coefficient (Wildman–Crippen LogP) is 3.80. The molecule has 30 heavy (non-hydrogen) atoms. The fraction of sp³-hybridized carbons (Fsp3) is 0.292. The molecule has 2 aromatic carbocycles. The molecule has 0 fully saturated rings. The van der Waals surface area contributed by atoms with Crippen molar-refractivity contribution in [2.24, 2.45) is 0 Å². The fourth-order valence-electron chi connectivity index (χ4n) is 2.79. The van der Waals surface area contributed by atoms with Crippen molar-refractivity contribution in [3.63, 3.8) is 0 Å². The van der Waals surface area contributed by atoms with Crippen LogP contribution < -0.4 is 14.8 Å². The summed E-state index contributed by atoms with van der Waals surface area (Å²) in [6.07, 6.45) is 10.9. The summed E-state index contributed by atoms with van der Waals surface area (Å²) in [6, 6.07) is 12.7. The number of carbonyl (C=O) groups is 1. The molecule has 0 saturated heterocycles. The lowest BCUT2D eigenvalue weighted by atomic mass is 10.1. The Morgan fingerprint density at radius 3 is 2.50 bits per heavy atom. The molecule has 1 unspecified atom stereocenters. The van der Waals surface area contributed by atoms with Gasteiger partial charge in [-0.05, 0) is 41.8 Å². The molecule has 0 radical (unpaired) electrons. The number of ether oxygens (including phenoxy) is 3. The van der Waals surface area contributed by atoms with E-state index in [2.05, 4.69) is 17.2 Å². The van der Waals surface area contributed by atoms with Crippen molar-refractivity contribution < 1.29 is 19.0 Å². The maximum absolute atomic E-state index is 12.4. The van der Waals surface area contributed by atoms with Crippen molar-refractivity contribution in [2.45, 2.75) is 18.9 Å². The van der Waals surface area contributed by atoms with Gasteiger partial charge in [0.25, 0.3) is 0 Å². The van der Waals surface area contributed by atoms with Crippen molar-refractivity contribution >= 4 is 17.5 Å². The molecular weight excluding hydrogens is 402 g/mol. The van der Waals surface area contributed by atoms with Crippen LogP contribution in [0.3, 0.4) is 0 Å². The average Bonchev–Trinajstić information content (AvgIpc) is 2.76. The third kappa shape index (κ3) is 7.37. The standard InChI is InChI=1S/C24H24ClNO4/c1-4-14-29-21-11-6-18(16-23(21)28-3)12-13-26-24(27)17-22(30-15-5-2)19-7-9-20(25)10-8-19/h1-2,6-11,16,22H,12-15,17H2,3H3,(H,26,27). The zero-order valence-electron chi connectivity index (χ0n) is 16.8. The van der Waals surface area contributed by atoms with Crippen LogP contribution in [-0.4, -0.2) is 32.8 Å². The summed E-state index contributed by atoms with van der Waals surface area (Å²) in [5, 5.41) is 3.53. The number of amides is 1. The first kappa shape index (κ1) is 23.2. The van der Waals surface area contributed by atoms with Crippen LogP contribution in [0, 0.1) is 24.7 Å². The van der Waals surface area contributed by atoms with Gasteiger partial charge in [-0.15, -0.1) is 12.8 Å². The quantitative estimate of drug-likeness (QED) is 0.556. The van der Waals surface area contributed by atoms with Gasteiger partial charge in [0, 0.05) is 11.6 Å². The third-order valence-corrected chi connectivity index (χ3v) is 4.51. The average molecular weight is 426 g/mol. The second kappa shape index (κ2) is 12.4. The molecule has 1 atom stereocenters. The van der Waals surface area contributed by atoms with E-state index in [1.807, 2.05) is 24.3 Å². The molecule has 1 amide bonds. The number of nitrogens with one attached hydrogen (secondary N) is 1. The summed E-state index contributed by atoms with van der Waals surface area (Å²) >= 11 is 5.93. The second-order valence-electron chi connectivity index (χ2n) is 6.34. The zero-order valence-corrected chi connectivity index (χ0v) is 17.6. The first-order chi connectivity index (χ1) is 14.6. The number of benzene rings is 2. The Hall–Kier alpha value is -3.12. The van der Waals surface area contributed by atoms with Crippen LogP contribution in [0.1, 0.15) is 23.7 Å². The van der Waals surface area contributed by atoms with E-state index >= 15 is 0 Å². The van der Waals surface area contributed by atoms with E-state index in [-0.39, 0.29) is 25.5 Å². The van der Waals surface area contributed by atoms with E-state index < -0.39 is 6.10 Å². The number of methoxy groups -OCH3 is 1. The van der Waals surface area contributed by atoms with Crippen LogP contribution >= 0.6 is 11.6 Å². The SMILES string of the molecule is C#CCOc1ccc(CCNC(=O)CC(OCC#C)c2ccc(Cl)cc2)cc1OC. The summed E-state index contributed by atoms with van der Waals surface area (Å²) in [5.41, 5.74) is 1.84. The van der Waals surface area contributed by atoms with Crippen molar-refractivity contribution in [1.29, 1.82) is 0 Å². The lowest BCUT2D eigenvalue weighted by Crippen LogP contribution is -2.27. The van der Waals surface area contributed by atoms with Gasteiger partial charge in [-0.2, -0.15) is 0 Å². The van der Waals surface area contributed by atoms with Gasteiger partial charge in [0.2, 0.25) is 5.91 Å². The molecule has 2 aromatic rings. The molecular formula is C24H24ClNO4. The number of terminal acetylenes is 2. The Bertz CT molecular complexity index is 912. The van der Waals surface area contributed by atoms with Gasteiger partial charge in [-0.3, -0.25) is 4.79 Å². The molecule has 0 aliphatic carbocycles. The fourth-order valence-corrected chi connectivity index (χ4v) is 2.92. The molecule has 6 heteroatoms. The Morgan fingerprint density at radius 2 is 1.83 bits per heavy atom. The largest absolute Gasteiger partial charge is 0.493 e. The van der Waals surface area contributed by atoms with Crippen molar-refractivity contribution in [3.05, 3.63) is 58.6 Å². The van der Waals surface area contributed by atoms with Crippen molar-refractivity contribution in [2.75, 3.05) is 26.9 Å². The first-order valence-corrected chi connectivity index (χ1v) is 9.75. The predicted molar refractivity (Wildman–Crippen MR) is 118 cm³/mol. The summed E-state index contributed by atoms with van der Waals surface area (Å²) in [7, 11) is 1.57. The van der Waals surface area contributed by atoms with Crippen LogP contribution in [0.5, 0.6) is 11.5 Å². The second-order valence-corrected chi connectivity index (χ2v) is 6.77. The van der Waals surface area contributed by atoms with E-state index in [1.54, 1.807) is 25.3 Å². The molecule has 5 nitrogen and oxygen atoms in total. The van der Waals surface area contributed by atoms with Crippen LogP contribution in [-0.2, 0) is 16.0 Å². The highest BCUT2D eigenvalue weighted by Gasteiger charge is 2.16. The maximum Gasteiger partial charge on any atom is 0.222 e. The lowest BCUT2D eigenvalue weighted by molar-refractivity contribution is -0.123. The molecule has 0 aromatic heterocycles. The van der Waals surface area contributed by atoms with E-state index in [0.717, 1.165) is 11.1 Å². The van der Waals surface area contributed by atoms with Crippen molar-refractivity contribution in [3.8, 4) is 36.2 Å². The highest BCUT2D eigenvalue weighted by molar-refractivity contribution is 6.30. The van der Waals surface area contributed by atoms with E-state index in [0.29, 0.717) is 29.5 Å². The number of hydrogen-bond donors (Lipinski definition) is 1. The summed E-state index contributed by atoms with van der Waals surface area (Å²) in [5.74, 6) is 5.90. The van der Waals surface area contributed by atoms with Gasteiger partial charge < -0.3 is 19.5 Å². The monoisotopic (exact) mass is 425 g/mol. The van der Waals surface area contributed by atoms with Gasteiger partial charge in [0.05, 0.1) is 19.6 Å². The topological polar surface area (TPSA) is 56.8 Å². The molecule has 0 heterocycles. The number of carbonyl (C=O) groups excluding carboxylic acids is 1. The molecule has 0 spiro atoms. The van der Waals surface area contributed by atoms with Gasteiger partial charge in [0.15, 0.2) is 11.5 Å². The highest BCUT2D eigenvalue weighted by Crippen LogP contribution is 2.28. The molecule has 0 saturated carbocycles. The third-order valence-electron chi connectivity index (χ3n) is 4.26. The maximum atomic E-state index is 12.4. The minimum absolute atomic E-state index is 0.120. The van der Waals surface area contributed by atoms with E-state index in [1.165, 1.54) is 0 Å². The Morgan fingerprint density at radius 1 is 1.10 bits per heavy atom. The highest BCUT2D eigenvalue weighted by atomic mass is 35.5. The van der Waals surface area contributed by atoms with Crippen molar-refractivity contribution in [1.82, 2.24) is 5.32 Å². The van der Waals surface area contributed by atoms with Gasteiger partial charge >= 0.3 is 0 Å². The summed E-state index contributed by atoms with van der Waals surface area (Å²) in [4.78, 5) is 12.4.